The molecule has 1 aromatic rings. The van der Waals surface area contributed by atoms with E-state index in [9.17, 15) is 22.8 Å². The van der Waals surface area contributed by atoms with Crippen molar-refractivity contribution < 1.29 is 27.5 Å². The molecule has 1 aromatic carbocycles. The molecule has 0 aliphatic carbocycles. The van der Waals surface area contributed by atoms with Gasteiger partial charge in [-0.2, -0.15) is 0 Å². The summed E-state index contributed by atoms with van der Waals surface area (Å²) in [5, 5.41) is 0. The van der Waals surface area contributed by atoms with E-state index >= 15 is 0 Å². The van der Waals surface area contributed by atoms with Gasteiger partial charge in [-0.1, -0.05) is 0 Å². The summed E-state index contributed by atoms with van der Waals surface area (Å²) < 4.78 is 45.8. The van der Waals surface area contributed by atoms with Crippen molar-refractivity contribution in [2.75, 3.05) is 26.3 Å². The Kier molecular flexibility index (Phi) is 5.42. The average molecular weight is 355 g/mol. The minimum Gasteiger partial charge on any atom is -0.381 e. The first-order valence-electron chi connectivity index (χ1n) is 8.52. The molecule has 2 heterocycles. The molecule has 136 valence electrons. The number of ether oxygens (including phenoxy) is 1. The lowest BCUT2D eigenvalue weighted by Crippen LogP contribution is -2.44. The number of nitrogens with zero attached hydrogens (tertiary/aromatic N) is 1. The highest BCUT2D eigenvalue weighted by atomic mass is 19.1. The maximum absolute atomic E-state index is 13.8. The molecule has 1 amide bonds. The molecule has 0 spiro atoms. The molecule has 0 bridgehead atoms. The van der Waals surface area contributed by atoms with Crippen LogP contribution in [-0.2, 0) is 9.53 Å². The van der Waals surface area contributed by atoms with Crippen LogP contribution in [0.1, 0.15) is 36.0 Å². The van der Waals surface area contributed by atoms with Crippen LogP contribution in [0.3, 0.4) is 0 Å². The minimum absolute atomic E-state index is 0.0482. The molecule has 0 radical (unpaired) electrons. The fourth-order valence-corrected chi connectivity index (χ4v) is 3.55. The first kappa shape index (κ1) is 17.9. The Balaban J connectivity index is 1.62. The fourth-order valence-electron chi connectivity index (χ4n) is 3.55. The Hall–Kier alpha value is -1.89. The Morgan fingerprint density at radius 2 is 1.48 bits per heavy atom. The zero-order valence-corrected chi connectivity index (χ0v) is 13.8. The third-order valence-corrected chi connectivity index (χ3v) is 5.00. The Morgan fingerprint density at radius 1 is 0.920 bits per heavy atom. The third-order valence-electron chi connectivity index (χ3n) is 5.00. The summed E-state index contributed by atoms with van der Waals surface area (Å²) in [7, 11) is 0. The average Bonchev–Trinajstić information content (AvgIpc) is 2.61. The van der Waals surface area contributed by atoms with Crippen LogP contribution < -0.4 is 0 Å². The summed E-state index contributed by atoms with van der Waals surface area (Å²) in [6.45, 7) is 1.93. The quantitative estimate of drug-likeness (QED) is 0.783. The van der Waals surface area contributed by atoms with Crippen LogP contribution in [0.5, 0.6) is 0 Å². The van der Waals surface area contributed by atoms with Crippen molar-refractivity contribution in [1.82, 2.24) is 4.90 Å². The molecule has 0 atom stereocenters. The van der Waals surface area contributed by atoms with Crippen LogP contribution >= 0.6 is 0 Å². The zero-order valence-electron chi connectivity index (χ0n) is 13.8. The molecule has 2 aliphatic heterocycles. The summed E-state index contributed by atoms with van der Waals surface area (Å²) in [6.07, 6.45) is 2.10. The highest BCUT2D eigenvalue weighted by Gasteiger charge is 2.33. The number of Topliss-reactive ketones (excluding diaryl/α,β-unsaturated/α-hetero) is 1. The molecule has 2 saturated heterocycles. The van der Waals surface area contributed by atoms with E-state index in [1.54, 1.807) is 4.90 Å². The molecule has 25 heavy (non-hydrogen) atoms. The van der Waals surface area contributed by atoms with E-state index in [0.29, 0.717) is 64.1 Å². The second kappa shape index (κ2) is 7.56. The molecule has 2 fully saturated rings. The van der Waals surface area contributed by atoms with Crippen LogP contribution in [0.25, 0.3) is 0 Å². The summed E-state index contributed by atoms with van der Waals surface area (Å²) in [5.41, 5.74) is -0.685. The van der Waals surface area contributed by atoms with E-state index in [2.05, 4.69) is 0 Å². The molecule has 0 N–H and O–H groups in total. The zero-order chi connectivity index (χ0) is 18.0. The number of carbonyl (C=O) groups is 2. The second-order valence-corrected chi connectivity index (χ2v) is 6.59. The largest absolute Gasteiger partial charge is 0.381 e. The predicted molar refractivity (Wildman–Crippen MR) is 83.5 cm³/mol. The maximum Gasteiger partial charge on any atom is 0.225 e. The molecule has 7 heteroatoms. The monoisotopic (exact) mass is 355 g/mol. The highest BCUT2D eigenvalue weighted by molar-refractivity contribution is 5.98. The highest BCUT2D eigenvalue weighted by Crippen LogP contribution is 2.27. The van der Waals surface area contributed by atoms with Gasteiger partial charge in [-0.15, -0.1) is 0 Å². The topological polar surface area (TPSA) is 46.6 Å². The van der Waals surface area contributed by atoms with E-state index in [1.165, 1.54) is 0 Å². The van der Waals surface area contributed by atoms with Gasteiger partial charge in [0.25, 0.3) is 0 Å². The van der Waals surface area contributed by atoms with Crippen LogP contribution in [0.2, 0.25) is 0 Å². The lowest BCUT2D eigenvalue weighted by Gasteiger charge is -2.34. The molecule has 0 unspecified atom stereocenters. The summed E-state index contributed by atoms with van der Waals surface area (Å²) in [4.78, 5) is 26.6. The number of carbonyl (C=O) groups excluding carboxylic acids is 2. The Bertz CT molecular complexity index is 643. The van der Waals surface area contributed by atoms with Gasteiger partial charge in [0, 0.05) is 50.3 Å². The summed E-state index contributed by atoms with van der Waals surface area (Å²) in [5.74, 6) is -4.61. The van der Waals surface area contributed by atoms with Gasteiger partial charge in [0.2, 0.25) is 5.91 Å². The third kappa shape index (κ3) is 3.86. The van der Waals surface area contributed by atoms with Crippen LogP contribution in [-0.4, -0.2) is 42.9 Å². The van der Waals surface area contributed by atoms with Gasteiger partial charge in [0.15, 0.2) is 5.78 Å². The minimum atomic E-state index is -1.18. The fraction of sp³-hybridized carbons (Fsp3) is 0.556. The number of rotatable bonds is 3. The van der Waals surface area contributed by atoms with E-state index < -0.39 is 34.7 Å². The lowest BCUT2D eigenvalue weighted by atomic mass is 9.87. The standard InChI is InChI=1S/C18H20F3NO3/c19-13-9-14(20)16(15(21)10-13)17(23)11-1-5-22(6-2-11)18(24)12-3-7-25-8-4-12/h9-12H,1-8H2. The van der Waals surface area contributed by atoms with Crippen molar-refractivity contribution in [1.29, 1.82) is 0 Å². The second-order valence-electron chi connectivity index (χ2n) is 6.59. The Morgan fingerprint density at radius 3 is 2.04 bits per heavy atom. The van der Waals surface area contributed by atoms with Gasteiger partial charge >= 0.3 is 0 Å². The van der Waals surface area contributed by atoms with E-state index in [-0.39, 0.29) is 11.8 Å². The van der Waals surface area contributed by atoms with Gasteiger partial charge in [-0.3, -0.25) is 9.59 Å². The smallest absolute Gasteiger partial charge is 0.225 e. The van der Waals surface area contributed by atoms with Crippen molar-refractivity contribution in [3.05, 3.63) is 35.1 Å². The summed E-state index contributed by atoms with van der Waals surface area (Å²) in [6, 6.07) is 1.03. The summed E-state index contributed by atoms with van der Waals surface area (Å²) >= 11 is 0. The van der Waals surface area contributed by atoms with Crippen LogP contribution in [0, 0.1) is 29.3 Å². The lowest BCUT2D eigenvalue weighted by molar-refractivity contribution is -0.139. The number of hydrogen-bond acceptors (Lipinski definition) is 3. The number of halogens is 3. The molecule has 3 rings (SSSR count). The van der Waals surface area contributed by atoms with E-state index in [4.69, 9.17) is 4.74 Å². The van der Waals surface area contributed by atoms with Gasteiger partial charge in [0.1, 0.15) is 17.5 Å². The number of amides is 1. The molecular weight excluding hydrogens is 335 g/mol. The number of ketones is 1. The molecule has 4 nitrogen and oxygen atoms in total. The number of piperidine rings is 1. The predicted octanol–water partition coefficient (Wildman–Crippen LogP) is 2.95. The number of likely N-dealkylation sites (tertiary alicyclic amines) is 1. The molecule has 0 saturated carbocycles. The maximum atomic E-state index is 13.8. The molecule has 2 aliphatic rings. The normalized spacial score (nSPS) is 19.9. The number of hydrogen-bond donors (Lipinski definition) is 0. The van der Waals surface area contributed by atoms with E-state index in [0.717, 1.165) is 0 Å². The van der Waals surface area contributed by atoms with E-state index in [1.807, 2.05) is 0 Å². The van der Waals surface area contributed by atoms with Crippen molar-refractivity contribution in [3.63, 3.8) is 0 Å². The van der Waals surface area contributed by atoms with Crippen LogP contribution in [0.15, 0.2) is 12.1 Å². The first-order valence-corrected chi connectivity index (χ1v) is 8.52. The van der Waals surface area contributed by atoms with Gasteiger partial charge in [0.05, 0.1) is 5.56 Å². The Labute approximate surface area is 143 Å². The van der Waals surface area contributed by atoms with Gasteiger partial charge < -0.3 is 9.64 Å². The van der Waals surface area contributed by atoms with Crippen molar-refractivity contribution >= 4 is 11.7 Å². The van der Waals surface area contributed by atoms with Crippen molar-refractivity contribution in [3.8, 4) is 0 Å². The molecular formula is C18H20F3NO3. The molecule has 0 aromatic heterocycles. The number of benzene rings is 1. The van der Waals surface area contributed by atoms with Gasteiger partial charge in [-0.25, -0.2) is 13.2 Å². The SMILES string of the molecule is O=C(c1c(F)cc(F)cc1F)C1CCN(C(=O)C2CCOCC2)CC1. The van der Waals surface area contributed by atoms with Crippen LogP contribution in [0.4, 0.5) is 13.2 Å². The van der Waals surface area contributed by atoms with Crippen molar-refractivity contribution in [2.24, 2.45) is 11.8 Å². The van der Waals surface area contributed by atoms with Crippen molar-refractivity contribution in [2.45, 2.75) is 25.7 Å². The van der Waals surface area contributed by atoms with Gasteiger partial charge in [-0.05, 0) is 25.7 Å². The first-order chi connectivity index (χ1) is 12.0.